The van der Waals surface area contributed by atoms with Gasteiger partial charge in [0.25, 0.3) is 5.56 Å². The molecule has 4 aromatic rings. The van der Waals surface area contributed by atoms with Crippen LogP contribution in [0.5, 0.6) is 11.5 Å². The molecule has 0 bridgehead atoms. The van der Waals surface area contributed by atoms with Crippen LogP contribution in [-0.4, -0.2) is 69.6 Å². The number of hydrogen-bond acceptors (Lipinski definition) is 8. The Balaban J connectivity index is 1.46. The summed E-state index contributed by atoms with van der Waals surface area (Å²) in [6.07, 6.45) is 0. The van der Waals surface area contributed by atoms with Crippen molar-refractivity contribution in [1.82, 2.24) is 30.1 Å². The Kier molecular flexibility index (Phi) is 5.44. The van der Waals surface area contributed by atoms with Gasteiger partial charge >= 0.3 is 0 Å². The molecule has 2 aliphatic heterocycles. The highest BCUT2D eigenvalue weighted by Crippen LogP contribution is 2.35. The summed E-state index contributed by atoms with van der Waals surface area (Å²) in [7, 11) is 0. The number of pyridine rings is 1. The molecule has 0 saturated carbocycles. The third-order valence-electron chi connectivity index (χ3n) is 6.22. The number of benzene rings is 2. The van der Waals surface area contributed by atoms with Crippen LogP contribution in [0.3, 0.4) is 0 Å². The number of nitrogens with one attached hydrogen (secondary N) is 1. The molecule has 174 valence electrons. The molecule has 2 aromatic heterocycles. The van der Waals surface area contributed by atoms with E-state index in [4.69, 9.17) is 14.2 Å². The molecule has 34 heavy (non-hydrogen) atoms. The van der Waals surface area contributed by atoms with E-state index in [0.29, 0.717) is 74.5 Å². The first-order valence-corrected chi connectivity index (χ1v) is 11.3. The van der Waals surface area contributed by atoms with E-state index in [9.17, 15) is 4.79 Å². The van der Waals surface area contributed by atoms with Crippen molar-refractivity contribution in [3.8, 4) is 11.5 Å². The Morgan fingerprint density at radius 1 is 0.971 bits per heavy atom. The van der Waals surface area contributed by atoms with Gasteiger partial charge in [-0.3, -0.25) is 9.69 Å². The minimum absolute atomic E-state index is 0.185. The minimum atomic E-state index is -0.427. The second-order valence-corrected chi connectivity index (χ2v) is 8.37. The van der Waals surface area contributed by atoms with E-state index in [2.05, 4.69) is 25.4 Å². The van der Waals surface area contributed by atoms with Crippen molar-refractivity contribution >= 4 is 10.9 Å². The molecule has 10 heteroatoms. The lowest BCUT2D eigenvalue weighted by molar-refractivity contribution is 0.0214. The highest BCUT2D eigenvalue weighted by Gasteiger charge is 2.31. The van der Waals surface area contributed by atoms with Crippen LogP contribution in [-0.2, 0) is 11.3 Å². The van der Waals surface area contributed by atoms with Crippen molar-refractivity contribution in [2.45, 2.75) is 12.6 Å². The van der Waals surface area contributed by atoms with Gasteiger partial charge in [0, 0.05) is 30.1 Å². The monoisotopic (exact) mass is 460 g/mol. The molecular weight excluding hydrogens is 436 g/mol. The van der Waals surface area contributed by atoms with E-state index in [-0.39, 0.29) is 5.56 Å². The normalized spacial score (nSPS) is 17.1. The Morgan fingerprint density at radius 2 is 1.74 bits per heavy atom. The van der Waals surface area contributed by atoms with Gasteiger partial charge in [0.15, 0.2) is 17.3 Å². The maximum absolute atomic E-state index is 13.4. The predicted octanol–water partition coefficient (Wildman–Crippen LogP) is 1.76. The molecule has 1 N–H and O–H groups in total. The summed E-state index contributed by atoms with van der Waals surface area (Å²) in [6.45, 7) is 4.00. The second kappa shape index (κ2) is 8.88. The number of nitrogens with zero attached hydrogens (tertiary/aromatic N) is 5. The van der Waals surface area contributed by atoms with E-state index in [0.717, 1.165) is 10.9 Å². The van der Waals surface area contributed by atoms with E-state index in [1.54, 1.807) is 4.68 Å². The van der Waals surface area contributed by atoms with Crippen molar-refractivity contribution in [1.29, 1.82) is 0 Å². The molecule has 0 unspecified atom stereocenters. The van der Waals surface area contributed by atoms with Crippen LogP contribution in [0.1, 0.15) is 23.0 Å². The number of morpholine rings is 1. The SMILES string of the molecule is O=c1[nH]c2cc3c(cc2cc1[C@H](c1nnnn1Cc1ccccc1)N1CCOCC1)OCCO3. The Bertz CT molecular complexity index is 1360. The average molecular weight is 460 g/mol. The summed E-state index contributed by atoms with van der Waals surface area (Å²) in [6, 6.07) is 15.2. The quantitative estimate of drug-likeness (QED) is 0.480. The van der Waals surface area contributed by atoms with E-state index < -0.39 is 6.04 Å². The summed E-state index contributed by atoms with van der Waals surface area (Å²) < 4.78 is 18.8. The molecule has 10 nitrogen and oxygen atoms in total. The summed E-state index contributed by atoms with van der Waals surface area (Å²) in [5, 5.41) is 13.5. The van der Waals surface area contributed by atoms with Gasteiger partial charge in [-0.1, -0.05) is 30.3 Å². The summed E-state index contributed by atoms with van der Waals surface area (Å²) >= 11 is 0. The highest BCUT2D eigenvalue weighted by atomic mass is 16.6. The first-order valence-electron chi connectivity index (χ1n) is 11.3. The first-order chi connectivity index (χ1) is 16.8. The second-order valence-electron chi connectivity index (χ2n) is 8.37. The smallest absolute Gasteiger partial charge is 0.253 e. The van der Waals surface area contributed by atoms with Gasteiger partial charge in [0.05, 0.1) is 25.3 Å². The number of ether oxygens (including phenoxy) is 3. The molecule has 0 spiro atoms. The standard InChI is InChI=1S/C24H24N6O4/c31-24-18(12-17-13-20-21(14-19(17)25-24)34-11-10-33-20)22(29-6-8-32-9-7-29)23-26-27-28-30(23)15-16-4-2-1-3-5-16/h1-5,12-14,22H,6-11,15H2,(H,25,31)/t22-/m1/s1. The lowest BCUT2D eigenvalue weighted by Crippen LogP contribution is -2.42. The van der Waals surface area contributed by atoms with Crippen LogP contribution in [0.15, 0.2) is 53.3 Å². The minimum Gasteiger partial charge on any atom is -0.486 e. The van der Waals surface area contributed by atoms with Crippen molar-refractivity contribution in [3.05, 3.63) is 75.8 Å². The molecule has 2 aliphatic rings. The number of aromatic amines is 1. The van der Waals surface area contributed by atoms with Gasteiger partial charge in [-0.2, -0.15) is 0 Å². The molecule has 0 aliphatic carbocycles. The van der Waals surface area contributed by atoms with Gasteiger partial charge in [-0.25, -0.2) is 4.68 Å². The van der Waals surface area contributed by atoms with Gasteiger partial charge < -0.3 is 19.2 Å². The summed E-state index contributed by atoms with van der Waals surface area (Å²) in [5.74, 6) is 1.93. The number of fused-ring (bicyclic) bond motifs is 2. The predicted molar refractivity (Wildman–Crippen MR) is 123 cm³/mol. The van der Waals surface area contributed by atoms with Crippen LogP contribution < -0.4 is 15.0 Å². The van der Waals surface area contributed by atoms with E-state index >= 15 is 0 Å². The Labute approximate surface area is 195 Å². The van der Waals surface area contributed by atoms with Crippen molar-refractivity contribution in [2.75, 3.05) is 39.5 Å². The van der Waals surface area contributed by atoms with E-state index in [1.165, 1.54) is 0 Å². The van der Waals surface area contributed by atoms with Gasteiger partial charge in [-0.15, -0.1) is 5.10 Å². The molecule has 1 saturated heterocycles. The molecule has 0 amide bonds. The lowest BCUT2D eigenvalue weighted by Gasteiger charge is -2.33. The van der Waals surface area contributed by atoms with Crippen molar-refractivity contribution < 1.29 is 14.2 Å². The van der Waals surface area contributed by atoms with E-state index in [1.807, 2.05) is 48.5 Å². The van der Waals surface area contributed by atoms with Gasteiger partial charge in [0.1, 0.15) is 19.3 Å². The zero-order valence-electron chi connectivity index (χ0n) is 18.5. The van der Waals surface area contributed by atoms with Crippen LogP contribution in [0, 0.1) is 0 Å². The van der Waals surface area contributed by atoms with Gasteiger partial charge in [-0.05, 0) is 28.1 Å². The zero-order valence-corrected chi connectivity index (χ0v) is 18.5. The zero-order chi connectivity index (χ0) is 22.9. The number of hydrogen-bond donors (Lipinski definition) is 1. The fourth-order valence-corrected chi connectivity index (χ4v) is 4.57. The maximum Gasteiger partial charge on any atom is 0.253 e. The molecule has 6 rings (SSSR count). The van der Waals surface area contributed by atoms with Crippen molar-refractivity contribution in [2.24, 2.45) is 0 Å². The largest absolute Gasteiger partial charge is 0.486 e. The topological polar surface area (TPSA) is 107 Å². The van der Waals surface area contributed by atoms with Crippen LogP contribution in [0.4, 0.5) is 0 Å². The summed E-state index contributed by atoms with van der Waals surface area (Å²) in [4.78, 5) is 18.6. The summed E-state index contributed by atoms with van der Waals surface area (Å²) in [5.41, 5.74) is 2.17. The fourth-order valence-electron chi connectivity index (χ4n) is 4.57. The van der Waals surface area contributed by atoms with Crippen molar-refractivity contribution in [3.63, 3.8) is 0 Å². The molecule has 0 radical (unpaired) electrons. The Hall–Kier alpha value is -3.76. The third kappa shape index (κ3) is 3.91. The maximum atomic E-state index is 13.4. The number of aromatic nitrogens is 5. The number of H-pyrrole nitrogens is 1. The Morgan fingerprint density at radius 3 is 2.53 bits per heavy atom. The van der Waals surface area contributed by atoms with Crippen LogP contribution >= 0.6 is 0 Å². The van der Waals surface area contributed by atoms with Crippen LogP contribution in [0.25, 0.3) is 10.9 Å². The average Bonchev–Trinajstić information content (AvgIpc) is 3.32. The van der Waals surface area contributed by atoms with Gasteiger partial charge in [0.2, 0.25) is 0 Å². The third-order valence-corrected chi connectivity index (χ3v) is 6.22. The lowest BCUT2D eigenvalue weighted by atomic mass is 10.0. The molecular formula is C24H24N6O4. The van der Waals surface area contributed by atoms with Crippen LogP contribution in [0.2, 0.25) is 0 Å². The highest BCUT2D eigenvalue weighted by molar-refractivity contribution is 5.83. The molecule has 1 atom stereocenters. The fraction of sp³-hybridized carbons (Fsp3) is 0.333. The molecule has 1 fully saturated rings. The molecule has 2 aromatic carbocycles. The molecule has 4 heterocycles. The number of rotatable bonds is 5. The first kappa shape index (κ1) is 20.8. The number of tetrazole rings is 1.